The number of hydrogen-bond acceptors (Lipinski definition) is 3. The molecular weight excluding hydrogens is 228 g/mol. The highest BCUT2D eigenvalue weighted by Gasteiger charge is 2.43. The van der Waals surface area contributed by atoms with Crippen LogP contribution in [-0.2, 0) is 4.79 Å². The summed E-state index contributed by atoms with van der Waals surface area (Å²) in [6.45, 7) is 4.10. The molecule has 3 atom stereocenters. The van der Waals surface area contributed by atoms with Crippen LogP contribution in [0.1, 0.15) is 19.1 Å². The van der Waals surface area contributed by atoms with E-state index in [-0.39, 0.29) is 5.91 Å². The third-order valence-electron chi connectivity index (χ3n) is 3.97. The van der Waals surface area contributed by atoms with E-state index in [9.17, 15) is 4.79 Å². The number of furan rings is 1. The minimum Gasteiger partial charge on any atom is -0.465 e. The lowest BCUT2D eigenvalue weighted by Gasteiger charge is -2.26. The lowest BCUT2D eigenvalue weighted by Crippen LogP contribution is -2.41. The summed E-state index contributed by atoms with van der Waals surface area (Å²) in [4.78, 5) is 14.3. The molecule has 1 aromatic heterocycles. The molecule has 96 valence electrons. The fraction of sp³-hybridized carbons (Fsp3) is 0.500. The summed E-state index contributed by atoms with van der Waals surface area (Å²) in [5.41, 5.74) is 0. The molecular formula is C14H18N2O2. The van der Waals surface area contributed by atoms with E-state index in [1.54, 1.807) is 18.4 Å². The highest BCUT2D eigenvalue weighted by molar-refractivity contribution is 5.92. The molecule has 2 fully saturated rings. The van der Waals surface area contributed by atoms with Crippen molar-refractivity contribution >= 4 is 12.0 Å². The van der Waals surface area contributed by atoms with Crippen LogP contribution < -0.4 is 5.32 Å². The maximum atomic E-state index is 12.3. The number of likely N-dealkylation sites (tertiary alicyclic amines) is 1. The van der Waals surface area contributed by atoms with Gasteiger partial charge in [0.15, 0.2) is 0 Å². The summed E-state index contributed by atoms with van der Waals surface area (Å²) in [7, 11) is 0. The Kier molecular flexibility index (Phi) is 2.96. The topological polar surface area (TPSA) is 45.5 Å². The van der Waals surface area contributed by atoms with Crippen LogP contribution in [0.25, 0.3) is 6.08 Å². The van der Waals surface area contributed by atoms with Crippen LogP contribution in [-0.4, -0.2) is 36.0 Å². The molecule has 0 radical (unpaired) electrons. The van der Waals surface area contributed by atoms with Gasteiger partial charge in [-0.25, -0.2) is 0 Å². The molecule has 3 heterocycles. The second-order valence-corrected chi connectivity index (χ2v) is 5.16. The lowest BCUT2D eigenvalue weighted by molar-refractivity contribution is -0.128. The van der Waals surface area contributed by atoms with Gasteiger partial charge in [0, 0.05) is 31.2 Å². The third-order valence-corrected chi connectivity index (χ3v) is 3.97. The van der Waals surface area contributed by atoms with Gasteiger partial charge in [0.25, 0.3) is 0 Å². The van der Waals surface area contributed by atoms with Crippen LogP contribution in [0.5, 0.6) is 0 Å². The molecule has 2 aliphatic rings. The van der Waals surface area contributed by atoms with Crippen LogP contribution >= 0.6 is 0 Å². The molecule has 0 bridgehead atoms. The van der Waals surface area contributed by atoms with E-state index in [0.29, 0.717) is 18.0 Å². The zero-order valence-electron chi connectivity index (χ0n) is 10.5. The predicted molar refractivity (Wildman–Crippen MR) is 68.8 cm³/mol. The number of fused-ring (bicyclic) bond motifs is 1. The Labute approximate surface area is 107 Å². The summed E-state index contributed by atoms with van der Waals surface area (Å²) in [6, 6.07) is 4.38. The standard InChI is InChI=1S/C14H18N2O2/c1-10-7-11-8-15-9-13(11)16(10)14(17)5-4-12-3-2-6-18-12/h2-6,10-11,13,15H,7-9H2,1H3/b5-4+. The minimum atomic E-state index is 0.0927. The number of nitrogens with one attached hydrogen (secondary N) is 1. The fourth-order valence-electron chi connectivity index (χ4n) is 3.17. The molecule has 3 unspecified atom stereocenters. The summed E-state index contributed by atoms with van der Waals surface area (Å²) in [5, 5.41) is 3.36. The van der Waals surface area contributed by atoms with Gasteiger partial charge in [-0.1, -0.05) is 0 Å². The number of rotatable bonds is 2. The largest absolute Gasteiger partial charge is 0.465 e. The van der Waals surface area contributed by atoms with E-state index in [0.717, 1.165) is 25.3 Å². The monoisotopic (exact) mass is 246 g/mol. The Bertz CT molecular complexity index is 452. The molecule has 1 aromatic rings. The summed E-state index contributed by atoms with van der Waals surface area (Å²) < 4.78 is 5.19. The van der Waals surface area contributed by atoms with Crippen molar-refractivity contribution in [2.45, 2.75) is 25.4 Å². The maximum Gasteiger partial charge on any atom is 0.247 e. The highest BCUT2D eigenvalue weighted by Crippen LogP contribution is 2.32. The maximum absolute atomic E-state index is 12.3. The van der Waals surface area contributed by atoms with Gasteiger partial charge < -0.3 is 14.6 Å². The van der Waals surface area contributed by atoms with Crippen molar-refractivity contribution in [1.29, 1.82) is 0 Å². The van der Waals surface area contributed by atoms with Crippen LogP contribution in [0, 0.1) is 5.92 Å². The molecule has 0 spiro atoms. The average Bonchev–Trinajstić information content (AvgIpc) is 3.01. The van der Waals surface area contributed by atoms with Crippen molar-refractivity contribution in [2.75, 3.05) is 13.1 Å². The van der Waals surface area contributed by atoms with Crippen LogP contribution in [0.3, 0.4) is 0 Å². The molecule has 3 rings (SSSR count). The number of carbonyl (C=O) groups is 1. The molecule has 0 saturated carbocycles. The molecule has 1 amide bonds. The van der Waals surface area contributed by atoms with Gasteiger partial charge >= 0.3 is 0 Å². The molecule has 4 nitrogen and oxygen atoms in total. The second kappa shape index (κ2) is 4.61. The van der Waals surface area contributed by atoms with Crippen LogP contribution in [0.15, 0.2) is 28.9 Å². The van der Waals surface area contributed by atoms with Crippen molar-refractivity contribution in [3.05, 3.63) is 30.2 Å². The van der Waals surface area contributed by atoms with Crippen LogP contribution in [0.4, 0.5) is 0 Å². The Morgan fingerprint density at radius 1 is 1.56 bits per heavy atom. The summed E-state index contributed by atoms with van der Waals surface area (Å²) >= 11 is 0. The Morgan fingerprint density at radius 2 is 2.44 bits per heavy atom. The third kappa shape index (κ3) is 1.97. The highest BCUT2D eigenvalue weighted by atomic mass is 16.3. The fourth-order valence-corrected chi connectivity index (χ4v) is 3.17. The van der Waals surface area contributed by atoms with Gasteiger partial charge in [-0.05, 0) is 37.5 Å². The van der Waals surface area contributed by atoms with E-state index in [2.05, 4.69) is 12.2 Å². The van der Waals surface area contributed by atoms with Gasteiger partial charge in [-0.2, -0.15) is 0 Å². The first kappa shape index (κ1) is 11.5. The Balaban J connectivity index is 1.72. The van der Waals surface area contributed by atoms with E-state index < -0.39 is 0 Å². The van der Waals surface area contributed by atoms with Crippen molar-refractivity contribution < 1.29 is 9.21 Å². The van der Waals surface area contributed by atoms with Crippen molar-refractivity contribution in [3.8, 4) is 0 Å². The molecule has 2 saturated heterocycles. The quantitative estimate of drug-likeness (QED) is 0.804. The van der Waals surface area contributed by atoms with Crippen LogP contribution in [0.2, 0.25) is 0 Å². The smallest absolute Gasteiger partial charge is 0.247 e. The zero-order chi connectivity index (χ0) is 12.5. The summed E-state index contributed by atoms with van der Waals surface area (Å²) in [6.07, 6.45) is 6.08. The van der Waals surface area contributed by atoms with Gasteiger partial charge in [0.05, 0.1) is 6.26 Å². The van der Waals surface area contributed by atoms with Crippen molar-refractivity contribution in [1.82, 2.24) is 10.2 Å². The number of hydrogen-bond donors (Lipinski definition) is 1. The van der Waals surface area contributed by atoms with Gasteiger partial charge in [0.1, 0.15) is 5.76 Å². The number of nitrogens with zero attached hydrogens (tertiary/aromatic N) is 1. The van der Waals surface area contributed by atoms with Gasteiger partial charge in [-0.15, -0.1) is 0 Å². The van der Waals surface area contributed by atoms with E-state index >= 15 is 0 Å². The number of carbonyl (C=O) groups excluding carboxylic acids is 1. The molecule has 18 heavy (non-hydrogen) atoms. The van der Waals surface area contributed by atoms with Crippen molar-refractivity contribution in [2.24, 2.45) is 5.92 Å². The van der Waals surface area contributed by atoms with Gasteiger partial charge in [0.2, 0.25) is 5.91 Å². The van der Waals surface area contributed by atoms with Crippen molar-refractivity contribution in [3.63, 3.8) is 0 Å². The second-order valence-electron chi connectivity index (χ2n) is 5.16. The Hall–Kier alpha value is -1.55. The lowest BCUT2D eigenvalue weighted by atomic mass is 10.0. The minimum absolute atomic E-state index is 0.0927. The van der Waals surface area contributed by atoms with E-state index in [1.807, 2.05) is 17.0 Å². The molecule has 0 aromatic carbocycles. The summed E-state index contributed by atoms with van der Waals surface area (Å²) in [5.74, 6) is 1.44. The zero-order valence-corrected chi connectivity index (χ0v) is 10.5. The SMILES string of the molecule is CC1CC2CNCC2N1C(=O)/C=C/c1ccco1. The number of amides is 1. The molecule has 0 aliphatic carbocycles. The van der Waals surface area contributed by atoms with E-state index in [1.165, 1.54) is 0 Å². The average molecular weight is 246 g/mol. The predicted octanol–water partition coefficient (Wildman–Crippen LogP) is 1.50. The molecule has 4 heteroatoms. The Morgan fingerprint density at radius 3 is 3.22 bits per heavy atom. The van der Waals surface area contributed by atoms with E-state index in [4.69, 9.17) is 4.42 Å². The molecule has 2 aliphatic heterocycles. The normalized spacial score (nSPS) is 31.2. The first-order valence-corrected chi connectivity index (χ1v) is 6.50. The first-order chi connectivity index (χ1) is 8.75. The molecule has 1 N–H and O–H groups in total. The first-order valence-electron chi connectivity index (χ1n) is 6.50. The van der Waals surface area contributed by atoms with Gasteiger partial charge in [-0.3, -0.25) is 4.79 Å².